The van der Waals surface area contributed by atoms with Crippen molar-refractivity contribution in [1.29, 1.82) is 0 Å². The third-order valence-corrected chi connectivity index (χ3v) is 1.77. The highest BCUT2D eigenvalue weighted by molar-refractivity contribution is 7.80. The molecule has 4 atom stereocenters. The molecule has 0 aliphatic carbocycles. The zero-order valence-corrected chi connectivity index (χ0v) is 9.08. The topological polar surface area (TPSA) is 152 Å². The second-order valence-electron chi connectivity index (χ2n) is 2.98. The first-order valence-electron chi connectivity index (χ1n) is 4.32. The minimum atomic E-state index is -1.70. The fourth-order valence-electron chi connectivity index (χ4n) is 0.803. The lowest BCUT2D eigenvalue weighted by Crippen LogP contribution is -2.46. The van der Waals surface area contributed by atoms with Crippen molar-refractivity contribution in [3.63, 3.8) is 0 Å². The molecule has 0 unspecified atom stereocenters. The lowest BCUT2D eigenvalue weighted by atomic mass is 10.0. The highest BCUT2D eigenvalue weighted by atomic mass is 32.1. The molecule has 16 heavy (non-hydrogen) atoms. The summed E-state index contributed by atoms with van der Waals surface area (Å²) in [5.41, 5.74) is 7.15. The molecule has 0 amide bonds. The molecule has 0 aromatic carbocycles. The number of hydrogen-bond donors (Lipinski definition) is 7. The highest BCUT2D eigenvalue weighted by Gasteiger charge is 2.29. The molecule has 0 aromatic heterocycles. The second-order valence-corrected chi connectivity index (χ2v) is 3.42. The molecule has 94 valence electrons. The number of nitrogens with one attached hydrogen (secondary N) is 1. The Kier molecular flexibility index (Phi) is 7.05. The van der Waals surface area contributed by atoms with Gasteiger partial charge in [-0.1, -0.05) is 0 Å². The molecule has 8 nitrogen and oxygen atoms in total. The molecule has 0 rings (SSSR count). The Balaban J connectivity index is 4.21. The van der Waals surface area contributed by atoms with E-state index in [1.165, 1.54) is 0 Å². The fourth-order valence-corrected chi connectivity index (χ4v) is 0.856. The third kappa shape index (κ3) is 5.30. The van der Waals surface area contributed by atoms with E-state index in [-0.39, 0.29) is 5.11 Å². The van der Waals surface area contributed by atoms with Gasteiger partial charge >= 0.3 is 0 Å². The van der Waals surface area contributed by atoms with Gasteiger partial charge in [0.1, 0.15) is 24.4 Å². The summed E-state index contributed by atoms with van der Waals surface area (Å²) in [5.74, 6) is 0. The number of rotatable bonds is 6. The van der Waals surface area contributed by atoms with Crippen molar-refractivity contribution in [2.75, 3.05) is 6.61 Å². The Bertz CT molecular complexity index is 252. The van der Waals surface area contributed by atoms with Crippen LogP contribution in [0.2, 0.25) is 0 Å². The van der Waals surface area contributed by atoms with Crippen LogP contribution < -0.4 is 11.2 Å². The SMILES string of the molecule is NC(=S)N/N=C\[C@H](O)[C@H](O)[C@H](O)[C@@H](O)CO. The number of nitrogens with two attached hydrogens (primary N) is 1. The van der Waals surface area contributed by atoms with Crippen LogP contribution in [0.5, 0.6) is 0 Å². The average Bonchev–Trinajstić information content (AvgIpc) is 2.25. The van der Waals surface area contributed by atoms with Crippen LogP contribution in [0.15, 0.2) is 5.10 Å². The molecule has 0 fully saturated rings. The first-order valence-corrected chi connectivity index (χ1v) is 4.72. The van der Waals surface area contributed by atoms with Gasteiger partial charge in [-0.25, -0.2) is 0 Å². The van der Waals surface area contributed by atoms with Crippen LogP contribution in [0, 0.1) is 0 Å². The molecular formula is C7H15N3O5S. The first kappa shape index (κ1) is 15.2. The number of hydrazone groups is 1. The van der Waals surface area contributed by atoms with Gasteiger partial charge in [0.2, 0.25) is 0 Å². The van der Waals surface area contributed by atoms with Crippen LogP contribution in [-0.4, -0.2) is 67.9 Å². The van der Waals surface area contributed by atoms with Gasteiger partial charge in [-0.2, -0.15) is 5.10 Å². The van der Waals surface area contributed by atoms with Crippen molar-refractivity contribution in [2.45, 2.75) is 24.4 Å². The zero-order chi connectivity index (χ0) is 12.7. The Morgan fingerprint density at radius 2 is 1.88 bits per heavy atom. The lowest BCUT2D eigenvalue weighted by Gasteiger charge is -2.23. The Morgan fingerprint density at radius 3 is 2.31 bits per heavy atom. The summed E-state index contributed by atoms with van der Waals surface area (Å²) in [7, 11) is 0. The Morgan fingerprint density at radius 1 is 1.31 bits per heavy atom. The first-order chi connectivity index (χ1) is 7.40. The summed E-state index contributed by atoms with van der Waals surface area (Å²) in [5, 5.41) is 48.5. The standard InChI is InChI=1S/C7H15N3O5S/c8-7(16)10-9-1-3(12)5(14)6(15)4(13)2-11/h1,3-6,11-15H,2H2,(H3,8,10,16)/b9-1-/t3-,4-,5-,6+/m0/s1. The molecule has 0 spiro atoms. The molecule has 0 radical (unpaired) electrons. The minimum Gasteiger partial charge on any atom is -0.394 e. The van der Waals surface area contributed by atoms with Crippen LogP contribution in [-0.2, 0) is 0 Å². The van der Waals surface area contributed by atoms with E-state index in [0.29, 0.717) is 0 Å². The maximum Gasteiger partial charge on any atom is 0.184 e. The van der Waals surface area contributed by atoms with E-state index in [2.05, 4.69) is 22.7 Å². The molecule has 9 heteroatoms. The number of nitrogens with zero attached hydrogens (tertiary/aromatic N) is 1. The normalized spacial score (nSPS) is 19.1. The molecule has 0 aromatic rings. The molecule has 0 aliphatic heterocycles. The van der Waals surface area contributed by atoms with Crippen LogP contribution in [0.3, 0.4) is 0 Å². The summed E-state index contributed by atoms with van der Waals surface area (Å²) >= 11 is 4.41. The van der Waals surface area contributed by atoms with Crippen molar-refractivity contribution in [3.8, 4) is 0 Å². The summed E-state index contributed by atoms with van der Waals surface area (Å²) in [6, 6.07) is 0. The molecule has 0 heterocycles. The van der Waals surface area contributed by atoms with Crippen molar-refractivity contribution in [2.24, 2.45) is 10.8 Å². The average molecular weight is 253 g/mol. The van der Waals surface area contributed by atoms with E-state index in [9.17, 15) is 15.3 Å². The van der Waals surface area contributed by atoms with Gasteiger partial charge in [0.05, 0.1) is 12.8 Å². The highest BCUT2D eigenvalue weighted by Crippen LogP contribution is 2.03. The van der Waals surface area contributed by atoms with Crippen LogP contribution in [0.25, 0.3) is 0 Å². The number of thiocarbonyl (C=S) groups is 1. The van der Waals surface area contributed by atoms with Gasteiger partial charge in [0, 0.05) is 0 Å². The molecule has 8 N–H and O–H groups in total. The monoisotopic (exact) mass is 253 g/mol. The van der Waals surface area contributed by atoms with E-state index in [1.54, 1.807) is 0 Å². The van der Waals surface area contributed by atoms with Crippen LogP contribution in [0.4, 0.5) is 0 Å². The van der Waals surface area contributed by atoms with Gasteiger partial charge < -0.3 is 31.3 Å². The van der Waals surface area contributed by atoms with Gasteiger partial charge in [-0.05, 0) is 12.2 Å². The van der Waals surface area contributed by atoms with Gasteiger partial charge in [-0.15, -0.1) is 0 Å². The summed E-state index contributed by atoms with van der Waals surface area (Å²) < 4.78 is 0. The number of hydrogen-bond acceptors (Lipinski definition) is 7. The van der Waals surface area contributed by atoms with Crippen LogP contribution in [0.1, 0.15) is 0 Å². The largest absolute Gasteiger partial charge is 0.394 e. The molecule has 0 saturated carbocycles. The molecule has 0 bridgehead atoms. The van der Waals surface area contributed by atoms with Crippen molar-refractivity contribution in [1.82, 2.24) is 5.43 Å². The second kappa shape index (κ2) is 7.44. The van der Waals surface area contributed by atoms with E-state index in [4.69, 9.17) is 15.9 Å². The van der Waals surface area contributed by atoms with E-state index in [1.807, 2.05) is 0 Å². The van der Waals surface area contributed by atoms with Crippen molar-refractivity contribution >= 4 is 23.5 Å². The number of aliphatic hydroxyl groups excluding tert-OH is 5. The maximum absolute atomic E-state index is 9.30. The fraction of sp³-hybridized carbons (Fsp3) is 0.714. The van der Waals surface area contributed by atoms with E-state index < -0.39 is 31.0 Å². The predicted molar refractivity (Wildman–Crippen MR) is 59.5 cm³/mol. The number of aliphatic hydroxyl groups is 5. The quantitative estimate of drug-likeness (QED) is 0.145. The Labute approximate surface area is 97.0 Å². The minimum absolute atomic E-state index is 0.131. The smallest absolute Gasteiger partial charge is 0.184 e. The Hall–Kier alpha value is -0.840. The summed E-state index contributed by atoms with van der Waals surface area (Å²) in [4.78, 5) is 0. The van der Waals surface area contributed by atoms with Crippen molar-refractivity contribution < 1.29 is 25.5 Å². The van der Waals surface area contributed by atoms with Gasteiger partial charge in [-0.3, -0.25) is 5.43 Å². The molecule has 0 saturated heterocycles. The lowest BCUT2D eigenvalue weighted by molar-refractivity contribution is -0.0999. The van der Waals surface area contributed by atoms with Gasteiger partial charge in [0.25, 0.3) is 0 Å². The van der Waals surface area contributed by atoms with E-state index in [0.717, 1.165) is 6.21 Å². The van der Waals surface area contributed by atoms with Crippen LogP contribution >= 0.6 is 12.2 Å². The molecule has 0 aliphatic rings. The predicted octanol–water partition coefficient (Wildman–Crippen LogP) is -3.76. The summed E-state index contributed by atoms with van der Waals surface area (Å²) in [6.45, 7) is -0.743. The zero-order valence-electron chi connectivity index (χ0n) is 8.26. The third-order valence-electron chi connectivity index (χ3n) is 1.68. The summed E-state index contributed by atoms with van der Waals surface area (Å²) in [6.07, 6.45) is -5.65. The van der Waals surface area contributed by atoms with Gasteiger partial charge in [0.15, 0.2) is 5.11 Å². The van der Waals surface area contributed by atoms with E-state index >= 15 is 0 Å². The van der Waals surface area contributed by atoms with Crippen molar-refractivity contribution in [3.05, 3.63) is 0 Å². The maximum atomic E-state index is 9.30. The molecular weight excluding hydrogens is 238 g/mol.